The first-order chi connectivity index (χ1) is 23.1. The van der Waals surface area contributed by atoms with Crippen LogP contribution in [0.1, 0.15) is 11.1 Å². The maximum Gasteiger partial charge on any atom is 0.173 e. The lowest BCUT2D eigenvalue weighted by atomic mass is 10.1. The molecule has 3 nitrogen and oxygen atoms in total. The minimum atomic E-state index is -3.50. The molecular weight excluding hydrogens is 612 g/mol. The zero-order valence-corrected chi connectivity index (χ0v) is 27.2. The van der Waals surface area contributed by atoms with Gasteiger partial charge in [-0.15, -0.1) is 0 Å². The van der Waals surface area contributed by atoms with Gasteiger partial charge in [0.25, 0.3) is 0 Å². The highest BCUT2D eigenvalue weighted by molar-refractivity contribution is 7.96. The Morgan fingerprint density at radius 2 is 0.787 bits per heavy atom. The van der Waals surface area contributed by atoms with E-state index in [1.807, 2.05) is 109 Å². The Labute approximate surface area is 274 Å². The van der Waals surface area contributed by atoms with Crippen molar-refractivity contribution in [2.24, 2.45) is 0 Å². The number of anilines is 3. The number of fused-ring (bicyclic) bond motifs is 5. The molecule has 47 heavy (non-hydrogen) atoms. The van der Waals surface area contributed by atoms with Gasteiger partial charge >= 0.3 is 0 Å². The maximum absolute atomic E-state index is 16.3. The number of hydrogen-bond donors (Lipinski definition) is 0. The summed E-state index contributed by atoms with van der Waals surface area (Å²) in [5, 5.41) is 6.50. The zero-order valence-electron chi connectivity index (χ0n) is 25.4. The van der Waals surface area contributed by atoms with Gasteiger partial charge in [-0.05, 0) is 70.4 Å². The molecule has 2 aliphatic heterocycles. The van der Waals surface area contributed by atoms with E-state index in [1.54, 1.807) is 0 Å². The summed E-state index contributed by atoms with van der Waals surface area (Å²) in [6, 6.07) is 58.6. The van der Waals surface area contributed by atoms with Gasteiger partial charge in [-0.25, -0.2) is 0 Å². The molecule has 0 amide bonds. The van der Waals surface area contributed by atoms with Crippen molar-refractivity contribution in [3.63, 3.8) is 0 Å². The van der Waals surface area contributed by atoms with Gasteiger partial charge in [0.05, 0.1) is 0 Å². The lowest BCUT2D eigenvalue weighted by Gasteiger charge is -2.27. The standard InChI is InChI=1S/C42H29NO2P2/c44-46(35-21-9-3-10-22-35)39-28-31-16-14-13-15-30(31)27-38(39)42-41(46)37-26-25-34(29-40(37)47(42,45)36-23-11-4-12-24-36)43(32-17-5-1-6-18-32)33-19-7-2-8-20-33/h1-29H. The van der Waals surface area contributed by atoms with Crippen LogP contribution in [0, 0.1) is 0 Å². The molecule has 0 fully saturated rings. The van der Waals surface area contributed by atoms with E-state index >= 15 is 9.13 Å². The van der Waals surface area contributed by atoms with E-state index < -0.39 is 14.3 Å². The molecule has 0 aromatic heterocycles. The molecule has 0 spiro atoms. The molecule has 0 saturated heterocycles. The van der Waals surface area contributed by atoms with E-state index in [-0.39, 0.29) is 0 Å². The third-order valence-corrected chi connectivity index (χ3v) is 15.9. The van der Waals surface area contributed by atoms with Crippen LogP contribution < -0.4 is 26.1 Å². The van der Waals surface area contributed by atoms with Crippen LogP contribution in [0.3, 0.4) is 0 Å². The first-order valence-electron chi connectivity index (χ1n) is 15.7. The molecule has 2 heterocycles. The summed E-state index contributed by atoms with van der Waals surface area (Å²) in [5.74, 6) is 0. The summed E-state index contributed by atoms with van der Waals surface area (Å²) in [6.07, 6.45) is 0. The van der Waals surface area contributed by atoms with Gasteiger partial charge in [-0.2, -0.15) is 0 Å². The summed E-state index contributed by atoms with van der Waals surface area (Å²) in [4.78, 5) is 2.19. The fourth-order valence-corrected chi connectivity index (χ4v) is 14.7. The average Bonchev–Trinajstić information content (AvgIpc) is 3.56. The molecule has 0 aliphatic carbocycles. The Morgan fingerprint density at radius 1 is 0.362 bits per heavy atom. The van der Waals surface area contributed by atoms with Crippen LogP contribution in [-0.4, -0.2) is 0 Å². The van der Waals surface area contributed by atoms with E-state index in [1.165, 1.54) is 0 Å². The molecule has 7 aromatic carbocycles. The highest BCUT2D eigenvalue weighted by Gasteiger charge is 2.55. The van der Waals surface area contributed by atoms with Gasteiger partial charge in [0.15, 0.2) is 14.3 Å². The molecule has 224 valence electrons. The maximum atomic E-state index is 16.3. The Balaban J connectivity index is 1.37. The highest BCUT2D eigenvalue weighted by atomic mass is 31.2. The van der Waals surface area contributed by atoms with Crippen molar-refractivity contribution < 1.29 is 9.13 Å². The number of benzene rings is 7. The number of nitrogens with zero attached hydrogens (tertiary/aromatic N) is 1. The molecule has 7 aromatic rings. The molecule has 5 heteroatoms. The number of rotatable bonds is 5. The zero-order chi connectivity index (χ0) is 31.6. The lowest BCUT2D eigenvalue weighted by molar-refractivity contribution is 0.592. The molecule has 0 bridgehead atoms. The predicted molar refractivity (Wildman–Crippen MR) is 199 cm³/mol. The van der Waals surface area contributed by atoms with Gasteiger partial charge in [0, 0.05) is 48.9 Å². The van der Waals surface area contributed by atoms with Crippen LogP contribution in [0.4, 0.5) is 17.1 Å². The van der Waals surface area contributed by atoms with Crippen molar-refractivity contribution in [3.05, 3.63) is 187 Å². The molecule has 2 atom stereocenters. The Morgan fingerprint density at radius 3 is 1.32 bits per heavy atom. The van der Waals surface area contributed by atoms with Gasteiger partial charge in [-0.3, -0.25) is 0 Å². The number of para-hydroxylation sites is 2. The van der Waals surface area contributed by atoms with Crippen LogP contribution in [0.2, 0.25) is 0 Å². The van der Waals surface area contributed by atoms with E-state index in [0.29, 0.717) is 5.31 Å². The van der Waals surface area contributed by atoms with Gasteiger partial charge < -0.3 is 14.0 Å². The molecule has 2 aliphatic rings. The van der Waals surface area contributed by atoms with Crippen molar-refractivity contribution in [2.45, 2.75) is 0 Å². The van der Waals surface area contributed by atoms with Crippen LogP contribution in [0.5, 0.6) is 0 Å². The lowest BCUT2D eigenvalue weighted by Crippen LogP contribution is -2.22. The second kappa shape index (κ2) is 10.7. The fraction of sp³-hybridized carbons (Fsp3) is 0. The summed E-state index contributed by atoms with van der Waals surface area (Å²) < 4.78 is 32.4. The first-order valence-corrected chi connectivity index (χ1v) is 19.2. The molecule has 2 unspecified atom stereocenters. The SMILES string of the molecule is O=P1(c2ccccc2)C2=C(c3ccc(N(c4ccccc4)c4ccccc4)cc31)P(=O)(c1ccccc1)c1cc3ccccc3cc12. The second-order valence-electron chi connectivity index (χ2n) is 12.0. The minimum absolute atomic E-state index is 0.716. The van der Waals surface area contributed by atoms with Crippen LogP contribution in [0.25, 0.3) is 21.4 Å². The van der Waals surface area contributed by atoms with Crippen LogP contribution in [0.15, 0.2) is 176 Å². The molecule has 0 N–H and O–H groups in total. The van der Waals surface area contributed by atoms with Crippen molar-refractivity contribution in [2.75, 3.05) is 4.90 Å². The summed E-state index contributed by atoms with van der Waals surface area (Å²) >= 11 is 0. The van der Waals surface area contributed by atoms with Crippen LogP contribution >= 0.6 is 14.3 Å². The largest absolute Gasteiger partial charge is 0.310 e. The summed E-state index contributed by atoms with van der Waals surface area (Å²) in [6.45, 7) is 0. The van der Waals surface area contributed by atoms with E-state index in [2.05, 4.69) is 71.6 Å². The normalized spacial score (nSPS) is 19.3. The van der Waals surface area contributed by atoms with Gasteiger partial charge in [0.2, 0.25) is 0 Å². The Bertz CT molecular complexity index is 2420. The predicted octanol–water partition coefficient (Wildman–Crippen LogP) is 9.79. The third-order valence-electron chi connectivity index (χ3n) is 9.41. The van der Waals surface area contributed by atoms with E-state index in [0.717, 1.165) is 65.5 Å². The van der Waals surface area contributed by atoms with Gasteiger partial charge in [-0.1, -0.05) is 127 Å². The van der Waals surface area contributed by atoms with Crippen molar-refractivity contribution in [3.8, 4) is 0 Å². The highest BCUT2D eigenvalue weighted by Crippen LogP contribution is 2.77. The fourth-order valence-electron chi connectivity index (χ4n) is 7.35. The van der Waals surface area contributed by atoms with Gasteiger partial charge in [0.1, 0.15) is 0 Å². The monoisotopic (exact) mass is 641 g/mol. The molecule has 0 radical (unpaired) electrons. The molecule has 9 rings (SSSR count). The third kappa shape index (κ3) is 4.07. The molecule has 0 saturated carbocycles. The second-order valence-corrected chi connectivity index (χ2v) is 17.3. The van der Waals surface area contributed by atoms with E-state index in [4.69, 9.17) is 0 Å². The van der Waals surface area contributed by atoms with E-state index in [9.17, 15) is 0 Å². The first kappa shape index (κ1) is 28.1. The quantitative estimate of drug-likeness (QED) is 0.176. The topological polar surface area (TPSA) is 37.4 Å². The minimum Gasteiger partial charge on any atom is -0.310 e. The molecular formula is C42H29NO2P2. The van der Waals surface area contributed by atoms with Crippen molar-refractivity contribution >= 4 is 74.0 Å². The smallest absolute Gasteiger partial charge is 0.173 e. The average molecular weight is 642 g/mol. The number of hydrogen-bond acceptors (Lipinski definition) is 3. The van der Waals surface area contributed by atoms with Crippen molar-refractivity contribution in [1.82, 2.24) is 0 Å². The Hall–Kier alpha value is -5.20. The Kier molecular flexibility index (Phi) is 6.37. The van der Waals surface area contributed by atoms with Crippen LogP contribution in [-0.2, 0) is 9.13 Å². The summed E-state index contributed by atoms with van der Waals surface area (Å²) in [5.41, 5.74) is 4.53. The van der Waals surface area contributed by atoms with Crippen molar-refractivity contribution in [1.29, 1.82) is 0 Å². The summed E-state index contributed by atoms with van der Waals surface area (Å²) in [7, 11) is -6.91.